The summed E-state index contributed by atoms with van der Waals surface area (Å²) in [6, 6.07) is 37.3. The molecule has 0 unspecified atom stereocenters. The molecule has 0 amide bonds. The maximum Gasteiger partial charge on any atom is 0.0350 e. The molecule has 0 radical (unpaired) electrons. The van der Waals surface area contributed by atoms with Gasteiger partial charge in [-0.05, 0) is 47.7 Å². The molecule has 0 saturated heterocycles. The largest absolute Gasteiger partial charge is 0.398 e. The summed E-state index contributed by atoms with van der Waals surface area (Å²) in [5.74, 6) is 0. The summed E-state index contributed by atoms with van der Waals surface area (Å²) < 4.78 is 1.06. The van der Waals surface area contributed by atoms with Crippen molar-refractivity contribution in [3.05, 3.63) is 136 Å². The molecule has 0 fully saturated rings. The third-order valence-electron chi connectivity index (χ3n) is 4.71. The van der Waals surface area contributed by atoms with Crippen molar-refractivity contribution < 1.29 is 0 Å². The minimum absolute atomic E-state index is 0.808. The summed E-state index contributed by atoms with van der Waals surface area (Å²) in [7, 11) is 0. The molecule has 0 aromatic heterocycles. The Hall–Kier alpha value is -3.10. The van der Waals surface area contributed by atoms with Crippen LogP contribution in [-0.4, -0.2) is 0 Å². The molecule has 4 aromatic rings. The predicted molar refractivity (Wildman–Crippen MR) is 144 cm³/mol. The van der Waals surface area contributed by atoms with Crippen LogP contribution in [0.3, 0.4) is 0 Å². The zero-order valence-corrected chi connectivity index (χ0v) is 20.7. The average molecular weight is 486 g/mol. The van der Waals surface area contributed by atoms with Gasteiger partial charge in [-0.3, -0.25) is 0 Å². The monoisotopic (exact) mass is 485 g/mol. The Morgan fingerprint density at radius 1 is 0.719 bits per heavy atom. The van der Waals surface area contributed by atoms with Gasteiger partial charge >= 0.3 is 0 Å². The van der Waals surface area contributed by atoms with Crippen LogP contribution in [0.25, 0.3) is 16.8 Å². The third kappa shape index (κ3) is 8.56. The van der Waals surface area contributed by atoms with Gasteiger partial charge in [-0.25, -0.2) is 0 Å². The van der Waals surface area contributed by atoms with Crippen molar-refractivity contribution in [1.29, 1.82) is 0 Å². The van der Waals surface area contributed by atoms with Gasteiger partial charge in [-0.1, -0.05) is 138 Å². The fourth-order valence-electron chi connectivity index (χ4n) is 3.03. The highest BCUT2D eigenvalue weighted by Crippen LogP contribution is 2.21. The van der Waals surface area contributed by atoms with Gasteiger partial charge in [0, 0.05) is 10.2 Å². The number of benzene rings is 4. The van der Waals surface area contributed by atoms with E-state index in [0.717, 1.165) is 22.2 Å². The third-order valence-corrected chi connectivity index (χ3v) is 5.24. The van der Waals surface area contributed by atoms with Crippen molar-refractivity contribution in [3.63, 3.8) is 0 Å². The highest BCUT2D eigenvalue weighted by molar-refractivity contribution is 9.10. The van der Waals surface area contributed by atoms with Gasteiger partial charge in [-0.15, -0.1) is 0 Å². The van der Waals surface area contributed by atoms with E-state index in [4.69, 9.17) is 5.73 Å². The van der Waals surface area contributed by atoms with Crippen molar-refractivity contribution >= 4 is 21.6 Å². The first-order chi connectivity index (χ1) is 15.6. The Morgan fingerprint density at radius 3 is 1.84 bits per heavy atom. The van der Waals surface area contributed by atoms with E-state index in [1.807, 2.05) is 62.4 Å². The van der Waals surface area contributed by atoms with E-state index >= 15 is 0 Å². The summed E-state index contributed by atoms with van der Waals surface area (Å²) in [5.41, 5.74) is 13.1. The molecule has 0 aliphatic carbocycles. The second-order valence-corrected chi connectivity index (χ2v) is 8.01. The molecule has 0 spiro atoms. The summed E-state index contributed by atoms with van der Waals surface area (Å²) in [4.78, 5) is 0. The second-order valence-electron chi connectivity index (χ2n) is 7.09. The Morgan fingerprint density at radius 2 is 1.28 bits per heavy atom. The van der Waals surface area contributed by atoms with Gasteiger partial charge in [-0.2, -0.15) is 0 Å². The molecule has 2 N–H and O–H groups in total. The topological polar surface area (TPSA) is 26.0 Å². The van der Waals surface area contributed by atoms with Gasteiger partial charge in [0.15, 0.2) is 0 Å². The van der Waals surface area contributed by atoms with Gasteiger partial charge in [0.25, 0.3) is 0 Å². The van der Waals surface area contributed by atoms with Gasteiger partial charge in [0.1, 0.15) is 0 Å². The van der Waals surface area contributed by atoms with Crippen LogP contribution in [0.2, 0.25) is 0 Å². The van der Waals surface area contributed by atoms with E-state index in [9.17, 15) is 0 Å². The van der Waals surface area contributed by atoms with Gasteiger partial charge in [0.2, 0.25) is 0 Å². The molecule has 4 rings (SSSR count). The lowest BCUT2D eigenvalue weighted by Crippen LogP contribution is -1.97. The Labute approximate surface area is 201 Å². The van der Waals surface area contributed by atoms with Crippen molar-refractivity contribution in [2.75, 3.05) is 0 Å². The first kappa shape index (κ1) is 25.2. The number of nitrogens with two attached hydrogens (primary N) is 1. The van der Waals surface area contributed by atoms with Gasteiger partial charge in [0.05, 0.1) is 0 Å². The van der Waals surface area contributed by atoms with Crippen molar-refractivity contribution in [1.82, 2.24) is 0 Å². The van der Waals surface area contributed by atoms with Crippen LogP contribution in [0.15, 0.2) is 120 Å². The minimum atomic E-state index is 0.808. The molecule has 0 aliphatic rings. The number of hydrogen-bond acceptors (Lipinski definition) is 1. The molecule has 0 atom stereocenters. The molecule has 2 heteroatoms. The quantitative estimate of drug-likeness (QED) is 0.307. The number of rotatable bonds is 4. The first-order valence-electron chi connectivity index (χ1n) is 11.0. The van der Waals surface area contributed by atoms with E-state index < -0.39 is 0 Å². The highest BCUT2D eigenvalue weighted by Gasteiger charge is 2.00. The molecular weight excluding hydrogens is 454 g/mol. The fraction of sp³-hybridized carbons (Fsp3) is 0.133. The zero-order valence-electron chi connectivity index (χ0n) is 19.1. The number of allylic oxidation sites excluding steroid dienone is 1. The number of aryl methyl sites for hydroxylation is 1. The van der Waals surface area contributed by atoms with Crippen molar-refractivity contribution in [2.45, 2.75) is 27.2 Å². The molecule has 0 heterocycles. The standard InChI is InChI=1S/C21H18BrN.C7H8.C2H6/c22-20-12-10-18(11-13-20)21(23)14-9-16-5-4-8-19(15-16)17-6-2-1-3-7-17;1-7-5-3-2-4-6-7;1-2/h1-8,10-15H,9,23H2;2-6H,1H3;1-2H3/b21-14-;;. The van der Waals surface area contributed by atoms with E-state index in [2.05, 4.69) is 89.6 Å². The number of hydrogen-bond donors (Lipinski definition) is 1. The lowest BCUT2D eigenvalue weighted by molar-refractivity contribution is 1.26. The maximum absolute atomic E-state index is 6.19. The van der Waals surface area contributed by atoms with Crippen LogP contribution in [0.4, 0.5) is 0 Å². The fourth-order valence-corrected chi connectivity index (χ4v) is 3.30. The summed E-state index contributed by atoms with van der Waals surface area (Å²) in [6.45, 7) is 6.08. The lowest BCUT2D eigenvalue weighted by Gasteiger charge is -2.05. The SMILES string of the molecule is CC.Cc1ccccc1.N/C(=C\Cc1cccc(-c2ccccc2)c1)c1ccc(Br)cc1. The van der Waals surface area contributed by atoms with Crippen LogP contribution in [0, 0.1) is 6.92 Å². The van der Waals surface area contributed by atoms with E-state index in [1.165, 1.54) is 22.3 Å². The van der Waals surface area contributed by atoms with Crippen LogP contribution >= 0.6 is 15.9 Å². The average Bonchev–Trinajstić information content (AvgIpc) is 2.86. The lowest BCUT2D eigenvalue weighted by atomic mass is 10.0. The normalized spacial score (nSPS) is 10.3. The molecule has 1 nitrogen and oxygen atoms in total. The molecule has 0 bridgehead atoms. The molecule has 4 aromatic carbocycles. The summed E-state index contributed by atoms with van der Waals surface area (Å²) in [5, 5.41) is 0. The Bertz CT molecular complexity index is 1070. The molecular formula is C30H32BrN. The van der Waals surface area contributed by atoms with E-state index in [-0.39, 0.29) is 0 Å². The van der Waals surface area contributed by atoms with Gasteiger partial charge < -0.3 is 5.73 Å². The van der Waals surface area contributed by atoms with Crippen LogP contribution in [0.1, 0.15) is 30.5 Å². The summed E-state index contributed by atoms with van der Waals surface area (Å²) >= 11 is 3.44. The molecule has 0 saturated carbocycles. The van der Waals surface area contributed by atoms with Crippen LogP contribution in [0.5, 0.6) is 0 Å². The van der Waals surface area contributed by atoms with Crippen molar-refractivity contribution in [3.8, 4) is 11.1 Å². The second kappa shape index (κ2) is 14.1. The zero-order chi connectivity index (χ0) is 23.2. The Balaban J connectivity index is 0.000000340. The highest BCUT2D eigenvalue weighted by atomic mass is 79.9. The smallest absolute Gasteiger partial charge is 0.0350 e. The molecule has 32 heavy (non-hydrogen) atoms. The first-order valence-corrected chi connectivity index (χ1v) is 11.8. The minimum Gasteiger partial charge on any atom is -0.398 e. The maximum atomic E-state index is 6.19. The van der Waals surface area contributed by atoms with E-state index in [1.54, 1.807) is 0 Å². The van der Waals surface area contributed by atoms with Crippen LogP contribution in [-0.2, 0) is 6.42 Å². The van der Waals surface area contributed by atoms with E-state index in [0.29, 0.717) is 0 Å². The predicted octanol–water partition coefficient (Wildman–Crippen LogP) is 8.68. The Kier molecular flexibility index (Phi) is 11.1. The molecule has 164 valence electrons. The van der Waals surface area contributed by atoms with Crippen LogP contribution < -0.4 is 5.73 Å². The number of halogens is 1. The molecule has 0 aliphatic heterocycles. The van der Waals surface area contributed by atoms with Crippen molar-refractivity contribution in [2.24, 2.45) is 5.73 Å². The summed E-state index contributed by atoms with van der Waals surface area (Å²) in [6.07, 6.45) is 2.90.